The molecule has 1 aromatic carbocycles. The van der Waals surface area contributed by atoms with E-state index in [1.54, 1.807) is 0 Å². The molecular weight excluding hydrogens is 431 g/mol. The molecule has 9 heteroatoms. The molecule has 1 aliphatic heterocycles. The number of furan rings is 1. The van der Waals surface area contributed by atoms with Crippen molar-refractivity contribution in [1.29, 1.82) is 0 Å². The van der Waals surface area contributed by atoms with E-state index in [2.05, 4.69) is 62.4 Å². The zero-order valence-corrected chi connectivity index (χ0v) is 19.2. The maximum atomic E-state index is 8.49. The third-order valence-corrected chi connectivity index (χ3v) is 5.32. The number of benzene rings is 1. The molecule has 164 valence electrons. The molecule has 0 unspecified atom stereocenters. The molecule has 0 radical (unpaired) electrons. The van der Waals surface area contributed by atoms with Gasteiger partial charge in [-0.3, -0.25) is 0 Å². The highest BCUT2D eigenvalue weighted by molar-refractivity contribution is 6.30. The quantitative estimate of drug-likeness (QED) is 0.613. The SMILES string of the molecule is CCN(CC)c1ccc(C=CC2=[N+](C)c3ccc(Cl)cc3C2(C)C)o1.[O-][Cl+3]([O-])([O-])[O-]. The van der Waals surface area contributed by atoms with Crippen LogP contribution in [0.5, 0.6) is 0 Å². The summed E-state index contributed by atoms with van der Waals surface area (Å²) in [6, 6.07) is 10.2. The van der Waals surface area contributed by atoms with Crippen molar-refractivity contribution in [1.82, 2.24) is 0 Å². The smallest absolute Gasteiger partial charge is 0.209 e. The predicted octanol–water partition coefficient (Wildman–Crippen LogP) is 0.743. The van der Waals surface area contributed by atoms with Crippen molar-refractivity contribution < 1.29 is 37.9 Å². The third kappa shape index (κ3) is 5.85. The summed E-state index contributed by atoms with van der Waals surface area (Å²) in [7, 11) is -2.84. The Morgan fingerprint density at radius 2 is 1.67 bits per heavy atom. The van der Waals surface area contributed by atoms with Crippen LogP contribution in [-0.4, -0.2) is 30.4 Å². The highest BCUT2D eigenvalue weighted by Gasteiger charge is 2.42. The Bertz CT molecular complexity index is 935. The van der Waals surface area contributed by atoms with Gasteiger partial charge >= 0.3 is 0 Å². The Balaban J connectivity index is 0.000000575. The molecule has 2 aromatic rings. The molecule has 1 aliphatic rings. The third-order valence-electron chi connectivity index (χ3n) is 5.09. The zero-order chi connectivity index (χ0) is 22.7. The van der Waals surface area contributed by atoms with Crippen molar-refractivity contribution in [3.05, 3.63) is 52.8 Å². The molecule has 3 rings (SSSR count). The van der Waals surface area contributed by atoms with Crippen LogP contribution in [0, 0.1) is 10.2 Å². The molecule has 0 bridgehead atoms. The maximum absolute atomic E-state index is 8.49. The fraction of sp³-hybridized carbons (Fsp3) is 0.381. The van der Waals surface area contributed by atoms with Gasteiger partial charge in [0, 0.05) is 41.9 Å². The van der Waals surface area contributed by atoms with Crippen LogP contribution in [0.2, 0.25) is 5.02 Å². The lowest BCUT2D eigenvalue weighted by Gasteiger charge is -2.17. The van der Waals surface area contributed by atoms with Gasteiger partial charge < -0.3 is 9.32 Å². The number of hydrogen-bond donors (Lipinski definition) is 0. The molecule has 0 aliphatic carbocycles. The van der Waals surface area contributed by atoms with Gasteiger partial charge in [0.05, 0.1) is 5.41 Å². The van der Waals surface area contributed by atoms with E-state index in [9.17, 15) is 0 Å². The highest BCUT2D eigenvalue weighted by Crippen LogP contribution is 2.40. The number of allylic oxidation sites excluding steroid dienone is 1. The minimum absolute atomic E-state index is 0.0974. The summed E-state index contributed by atoms with van der Waals surface area (Å²) in [6.45, 7) is 10.6. The predicted molar refractivity (Wildman–Crippen MR) is 107 cm³/mol. The van der Waals surface area contributed by atoms with Crippen LogP contribution in [0.15, 0.2) is 40.8 Å². The van der Waals surface area contributed by atoms with Gasteiger partial charge in [-0.15, -0.1) is 10.2 Å². The second-order valence-corrected chi connectivity index (χ2v) is 8.48. The van der Waals surface area contributed by atoms with Crippen molar-refractivity contribution in [2.45, 2.75) is 33.1 Å². The van der Waals surface area contributed by atoms with Crippen LogP contribution in [0.1, 0.15) is 39.0 Å². The summed E-state index contributed by atoms with van der Waals surface area (Å²) in [5.74, 6) is 1.79. The second kappa shape index (κ2) is 9.51. The lowest BCUT2D eigenvalue weighted by atomic mass is 9.81. The van der Waals surface area contributed by atoms with Crippen molar-refractivity contribution in [2.75, 3.05) is 25.0 Å². The number of fused-ring (bicyclic) bond motifs is 1. The Hall–Kier alpha value is -1.87. The lowest BCUT2D eigenvalue weighted by molar-refractivity contribution is -2.00. The van der Waals surface area contributed by atoms with E-state index in [1.165, 1.54) is 17.0 Å². The van der Waals surface area contributed by atoms with E-state index in [4.69, 9.17) is 34.7 Å². The number of nitrogens with zero attached hydrogens (tertiary/aromatic N) is 2. The van der Waals surface area contributed by atoms with E-state index in [0.29, 0.717) is 0 Å². The normalized spacial score (nSPS) is 15.3. The van der Waals surface area contributed by atoms with Gasteiger partial charge in [0.2, 0.25) is 5.69 Å². The number of anilines is 1. The number of rotatable bonds is 5. The van der Waals surface area contributed by atoms with Crippen molar-refractivity contribution in [2.24, 2.45) is 0 Å². The van der Waals surface area contributed by atoms with Gasteiger partial charge in [-0.25, -0.2) is 18.6 Å². The molecule has 0 saturated carbocycles. The Labute approximate surface area is 183 Å². The van der Waals surface area contributed by atoms with Crippen molar-refractivity contribution in [3.63, 3.8) is 0 Å². The number of halogens is 2. The highest BCUT2D eigenvalue weighted by atomic mass is 35.7. The standard InChI is InChI=1S/C21H26ClN2O.ClHO4/c1-6-24(7-2)20-13-10-16(25-20)9-12-19-21(3,4)17-14-15(22)8-11-18(17)23(19)5;2-1(3,4)5/h8-14H,6-7H2,1-5H3;(H,2,3,4,5)/q+1;/p-1. The van der Waals surface area contributed by atoms with E-state index < -0.39 is 10.2 Å². The summed E-state index contributed by atoms with van der Waals surface area (Å²) >= 11 is 6.21. The first-order valence-electron chi connectivity index (χ1n) is 9.44. The largest absolute Gasteiger partial charge is 0.441 e. The molecule has 0 N–H and O–H groups in total. The van der Waals surface area contributed by atoms with Crippen molar-refractivity contribution >= 4 is 35.0 Å². The molecule has 30 heavy (non-hydrogen) atoms. The fourth-order valence-corrected chi connectivity index (χ4v) is 3.78. The molecule has 7 nitrogen and oxygen atoms in total. The van der Waals surface area contributed by atoms with E-state index in [1.807, 2.05) is 24.3 Å². The van der Waals surface area contributed by atoms with Crippen LogP contribution in [0.25, 0.3) is 6.08 Å². The Kier molecular flexibility index (Phi) is 7.74. The Morgan fingerprint density at radius 1 is 1.07 bits per heavy atom. The molecule has 0 fully saturated rings. The van der Waals surface area contributed by atoms with Gasteiger partial charge in [-0.1, -0.05) is 11.6 Å². The van der Waals surface area contributed by atoms with Gasteiger partial charge in [0.15, 0.2) is 11.6 Å². The first-order valence-corrected chi connectivity index (χ1v) is 11.1. The zero-order valence-electron chi connectivity index (χ0n) is 17.6. The first-order chi connectivity index (χ1) is 13.9. The minimum atomic E-state index is -4.94. The molecule has 0 saturated heterocycles. The minimum Gasteiger partial charge on any atom is -0.441 e. The van der Waals surface area contributed by atoms with Gasteiger partial charge in [-0.2, -0.15) is 4.58 Å². The van der Waals surface area contributed by atoms with E-state index in [0.717, 1.165) is 29.8 Å². The molecule has 1 aromatic heterocycles. The van der Waals surface area contributed by atoms with Gasteiger partial charge in [0.1, 0.15) is 12.8 Å². The second-order valence-electron chi connectivity index (χ2n) is 7.29. The van der Waals surface area contributed by atoms with Crippen LogP contribution < -0.4 is 23.5 Å². The van der Waals surface area contributed by atoms with Crippen LogP contribution in [0.4, 0.5) is 11.6 Å². The van der Waals surface area contributed by atoms with Crippen LogP contribution in [0.3, 0.4) is 0 Å². The average Bonchev–Trinajstić information content (AvgIpc) is 3.16. The molecular formula is C21H26Cl2N2O5. The maximum Gasteiger partial charge on any atom is 0.209 e. The van der Waals surface area contributed by atoms with Gasteiger partial charge in [0.25, 0.3) is 0 Å². The lowest BCUT2D eigenvalue weighted by Crippen LogP contribution is -2.68. The Morgan fingerprint density at radius 3 is 2.23 bits per heavy atom. The summed E-state index contributed by atoms with van der Waals surface area (Å²) in [6.07, 6.45) is 4.20. The summed E-state index contributed by atoms with van der Waals surface area (Å²) < 4.78 is 42.2. The van der Waals surface area contributed by atoms with E-state index in [-0.39, 0.29) is 5.41 Å². The molecule has 2 heterocycles. The molecule has 0 spiro atoms. The molecule has 0 atom stereocenters. The topological polar surface area (TPSA) is 112 Å². The average molecular weight is 457 g/mol. The summed E-state index contributed by atoms with van der Waals surface area (Å²) in [5, 5.41) is 0.778. The summed E-state index contributed by atoms with van der Waals surface area (Å²) in [4.78, 5) is 2.20. The number of hydrogen-bond acceptors (Lipinski definition) is 6. The molecule has 0 amide bonds. The monoisotopic (exact) mass is 456 g/mol. The first kappa shape index (κ1) is 24.4. The van der Waals surface area contributed by atoms with E-state index >= 15 is 0 Å². The van der Waals surface area contributed by atoms with Crippen LogP contribution >= 0.6 is 11.6 Å². The van der Waals surface area contributed by atoms with Crippen molar-refractivity contribution in [3.8, 4) is 0 Å². The van der Waals surface area contributed by atoms with Crippen LogP contribution in [-0.2, 0) is 5.41 Å². The van der Waals surface area contributed by atoms with Gasteiger partial charge in [-0.05, 0) is 52.0 Å². The fourth-order valence-electron chi connectivity index (χ4n) is 3.61. The summed E-state index contributed by atoms with van der Waals surface area (Å²) in [5.41, 5.74) is 3.59.